The average Bonchev–Trinajstić information content (AvgIpc) is 3.26. The van der Waals surface area contributed by atoms with Crippen LogP contribution in [0.25, 0.3) is 5.82 Å². The minimum atomic E-state index is 0.658. The number of rotatable bonds is 6. The Hall–Kier alpha value is -2.74. The van der Waals surface area contributed by atoms with Gasteiger partial charge >= 0.3 is 0 Å². The number of nitrogens with zero attached hydrogens (tertiary/aromatic N) is 5. The third kappa shape index (κ3) is 4.66. The van der Waals surface area contributed by atoms with Gasteiger partial charge in [-0.15, -0.1) is 11.3 Å². The summed E-state index contributed by atoms with van der Waals surface area (Å²) in [4.78, 5) is 17.4. The number of hydrogen-bond acceptors (Lipinski definition) is 5. The summed E-state index contributed by atoms with van der Waals surface area (Å²) in [5.74, 6) is 2.56. The molecule has 26 heavy (non-hydrogen) atoms. The van der Waals surface area contributed by atoms with Crippen molar-refractivity contribution in [2.45, 2.75) is 26.8 Å². The number of pyridine rings is 1. The van der Waals surface area contributed by atoms with E-state index in [1.54, 1.807) is 24.6 Å². The second-order valence-corrected chi connectivity index (χ2v) is 6.89. The zero-order valence-corrected chi connectivity index (χ0v) is 16.0. The first-order valence-corrected chi connectivity index (χ1v) is 9.34. The van der Waals surface area contributed by atoms with Crippen LogP contribution in [0, 0.1) is 13.8 Å². The molecule has 7 nitrogen and oxygen atoms in total. The molecular formula is C18H23N7S. The summed E-state index contributed by atoms with van der Waals surface area (Å²) in [6, 6.07) is 4.05. The Kier molecular flexibility index (Phi) is 5.96. The first-order valence-electron chi connectivity index (χ1n) is 8.46. The maximum Gasteiger partial charge on any atom is 0.191 e. The predicted octanol–water partition coefficient (Wildman–Crippen LogP) is 2.25. The fraction of sp³-hybridized carbons (Fsp3) is 0.333. The van der Waals surface area contributed by atoms with Gasteiger partial charge in [0.05, 0.1) is 10.7 Å². The van der Waals surface area contributed by atoms with E-state index in [4.69, 9.17) is 0 Å². The van der Waals surface area contributed by atoms with Gasteiger partial charge in [0.25, 0.3) is 0 Å². The lowest BCUT2D eigenvalue weighted by Gasteiger charge is -2.12. The van der Waals surface area contributed by atoms with Crippen LogP contribution in [0.5, 0.6) is 0 Å². The van der Waals surface area contributed by atoms with Crippen LogP contribution in [-0.2, 0) is 13.0 Å². The third-order valence-corrected chi connectivity index (χ3v) is 4.73. The number of aryl methyl sites for hydroxylation is 2. The van der Waals surface area contributed by atoms with Crippen LogP contribution in [0.1, 0.15) is 22.1 Å². The van der Waals surface area contributed by atoms with Crippen LogP contribution < -0.4 is 10.6 Å². The Morgan fingerprint density at radius 2 is 2.12 bits per heavy atom. The lowest BCUT2D eigenvalue weighted by atomic mass is 10.3. The standard InChI is InChI=1S/C18H23N7S/c1-13-20-8-9-25(13)17-5-4-15(10-22-17)11-23-18(19-3)21-7-6-16-12-26-14(2)24-16/h4-5,8-10,12H,6-7,11H2,1-3H3,(H2,19,21,23). The Labute approximate surface area is 157 Å². The summed E-state index contributed by atoms with van der Waals surface area (Å²) >= 11 is 1.68. The molecule has 0 amide bonds. The minimum absolute atomic E-state index is 0.658. The zero-order valence-electron chi connectivity index (χ0n) is 15.2. The highest BCUT2D eigenvalue weighted by Gasteiger charge is 2.04. The molecule has 2 N–H and O–H groups in total. The monoisotopic (exact) mass is 369 g/mol. The van der Waals surface area contributed by atoms with Gasteiger partial charge in [-0.1, -0.05) is 6.07 Å². The quantitative estimate of drug-likeness (QED) is 0.515. The molecule has 0 atom stereocenters. The maximum atomic E-state index is 4.51. The maximum absolute atomic E-state index is 4.51. The van der Waals surface area contributed by atoms with Crippen LogP contribution in [0.4, 0.5) is 0 Å². The largest absolute Gasteiger partial charge is 0.356 e. The van der Waals surface area contributed by atoms with Crippen molar-refractivity contribution in [3.05, 3.63) is 58.2 Å². The average molecular weight is 369 g/mol. The van der Waals surface area contributed by atoms with Crippen molar-refractivity contribution in [2.24, 2.45) is 4.99 Å². The molecule has 0 aliphatic rings. The first kappa shape index (κ1) is 18.1. The molecule has 3 heterocycles. The van der Waals surface area contributed by atoms with E-state index in [2.05, 4.69) is 42.0 Å². The zero-order chi connectivity index (χ0) is 18.4. The lowest BCUT2D eigenvalue weighted by molar-refractivity contribution is 0.783. The van der Waals surface area contributed by atoms with Gasteiger partial charge < -0.3 is 10.6 Å². The highest BCUT2D eigenvalue weighted by Crippen LogP contribution is 2.09. The topological polar surface area (TPSA) is 80.0 Å². The van der Waals surface area contributed by atoms with Crippen molar-refractivity contribution in [1.29, 1.82) is 0 Å². The first-order chi connectivity index (χ1) is 12.7. The molecule has 0 unspecified atom stereocenters. The van der Waals surface area contributed by atoms with Gasteiger partial charge in [0.2, 0.25) is 0 Å². The van der Waals surface area contributed by atoms with E-state index in [0.29, 0.717) is 6.54 Å². The van der Waals surface area contributed by atoms with E-state index in [0.717, 1.165) is 46.8 Å². The van der Waals surface area contributed by atoms with Crippen LogP contribution in [0.3, 0.4) is 0 Å². The molecular weight excluding hydrogens is 346 g/mol. The van der Waals surface area contributed by atoms with Gasteiger partial charge in [-0.25, -0.2) is 15.0 Å². The van der Waals surface area contributed by atoms with Crippen molar-refractivity contribution in [2.75, 3.05) is 13.6 Å². The van der Waals surface area contributed by atoms with Gasteiger partial charge in [-0.2, -0.15) is 0 Å². The summed E-state index contributed by atoms with van der Waals surface area (Å²) in [5, 5.41) is 9.81. The van der Waals surface area contributed by atoms with Crippen LogP contribution in [0.2, 0.25) is 0 Å². The molecule has 0 aliphatic heterocycles. The molecule has 0 aliphatic carbocycles. The molecule has 3 rings (SSSR count). The summed E-state index contributed by atoms with van der Waals surface area (Å²) in [5.41, 5.74) is 2.20. The van der Waals surface area contributed by atoms with E-state index in [9.17, 15) is 0 Å². The van der Waals surface area contributed by atoms with E-state index in [1.807, 2.05) is 36.9 Å². The second-order valence-electron chi connectivity index (χ2n) is 5.83. The number of guanidine groups is 1. The number of aromatic nitrogens is 4. The third-order valence-electron chi connectivity index (χ3n) is 3.91. The molecule has 0 saturated carbocycles. The van der Waals surface area contributed by atoms with E-state index < -0.39 is 0 Å². The van der Waals surface area contributed by atoms with Crippen molar-refractivity contribution in [3.63, 3.8) is 0 Å². The van der Waals surface area contributed by atoms with Gasteiger partial charge in [0.1, 0.15) is 11.6 Å². The van der Waals surface area contributed by atoms with Crippen LogP contribution in [0.15, 0.2) is 41.1 Å². The fourth-order valence-electron chi connectivity index (χ4n) is 2.52. The van der Waals surface area contributed by atoms with E-state index >= 15 is 0 Å². The van der Waals surface area contributed by atoms with Crippen LogP contribution in [-0.4, -0.2) is 39.1 Å². The molecule has 0 spiro atoms. The van der Waals surface area contributed by atoms with Crippen molar-refractivity contribution in [1.82, 2.24) is 30.2 Å². The number of hydrogen-bond donors (Lipinski definition) is 2. The number of imidazole rings is 1. The predicted molar refractivity (Wildman–Crippen MR) is 105 cm³/mol. The minimum Gasteiger partial charge on any atom is -0.356 e. The molecule has 0 aromatic carbocycles. The molecule has 8 heteroatoms. The molecule has 0 bridgehead atoms. The smallest absolute Gasteiger partial charge is 0.191 e. The Bertz CT molecular complexity index is 864. The molecule has 136 valence electrons. The Morgan fingerprint density at radius 3 is 2.73 bits per heavy atom. The van der Waals surface area contributed by atoms with Gasteiger partial charge in [-0.05, 0) is 25.5 Å². The van der Waals surface area contributed by atoms with Gasteiger partial charge in [0, 0.05) is 50.5 Å². The summed E-state index contributed by atoms with van der Waals surface area (Å²) < 4.78 is 1.96. The van der Waals surface area contributed by atoms with Crippen molar-refractivity contribution < 1.29 is 0 Å². The highest BCUT2D eigenvalue weighted by molar-refractivity contribution is 7.09. The molecule has 0 radical (unpaired) electrons. The van der Waals surface area contributed by atoms with Gasteiger partial charge in [-0.3, -0.25) is 9.56 Å². The molecule has 0 fully saturated rings. The van der Waals surface area contributed by atoms with E-state index in [1.165, 1.54) is 0 Å². The highest BCUT2D eigenvalue weighted by atomic mass is 32.1. The number of thiazole rings is 1. The fourth-order valence-corrected chi connectivity index (χ4v) is 3.17. The van der Waals surface area contributed by atoms with Crippen molar-refractivity contribution in [3.8, 4) is 5.82 Å². The normalized spacial score (nSPS) is 11.6. The number of aliphatic imine (C=N–C) groups is 1. The van der Waals surface area contributed by atoms with E-state index in [-0.39, 0.29) is 0 Å². The Morgan fingerprint density at radius 1 is 1.23 bits per heavy atom. The summed E-state index contributed by atoms with van der Waals surface area (Å²) in [6.45, 7) is 5.43. The SMILES string of the molecule is CN=C(NCCc1csc(C)n1)NCc1ccc(-n2ccnc2C)nc1. The molecule has 0 saturated heterocycles. The summed E-state index contributed by atoms with van der Waals surface area (Å²) in [6.07, 6.45) is 6.43. The summed E-state index contributed by atoms with van der Waals surface area (Å²) in [7, 11) is 1.77. The van der Waals surface area contributed by atoms with Gasteiger partial charge in [0.15, 0.2) is 5.96 Å². The number of nitrogens with one attached hydrogen (secondary N) is 2. The van der Waals surface area contributed by atoms with Crippen LogP contribution >= 0.6 is 11.3 Å². The molecule has 3 aromatic heterocycles. The second kappa shape index (κ2) is 8.57. The lowest BCUT2D eigenvalue weighted by Crippen LogP contribution is -2.37. The van der Waals surface area contributed by atoms with Crippen molar-refractivity contribution >= 4 is 17.3 Å². The molecule has 3 aromatic rings. The Balaban J connectivity index is 1.48.